The van der Waals surface area contributed by atoms with Crippen LogP contribution in [0, 0.1) is 5.92 Å². The van der Waals surface area contributed by atoms with Gasteiger partial charge in [0.15, 0.2) is 5.78 Å². The number of para-hydroxylation sites is 1. The number of aliphatic hydroxyl groups is 1. The summed E-state index contributed by atoms with van der Waals surface area (Å²) in [6, 6.07) is 43.3. The van der Waals surface area contributed by atoms with Crippen LogP contribution in [-0.4, -0.2) is 51.3 Å². The highest BCUT2D eigenvalue weighted by atomic mass is 31.2. The van der Waals surface area contributed by atoms with E-state index in [1.54, 1.807) is 30.3 Å². The number of nitrogens with zero attached hydrogens (tertiary/aromatic N) is 1. The monoisotopic (exact) mass is 710 g/mol. The molecule has 0 bridgehead atoms. The van der Waals surface area contributed by atoms with Gasteiger partial charge < -0.3 is 15.2 Å². The second-order valence-corrected chi connectivity index (χ2v) is 15.8. The fraction of sp³-hybridized carbons (Fsp3) is 0.140. The Hall–Kier alpha value is -5.82. The molecule has 0 aromatic heterocycles. The van der Waals surface area contributed by atoms with Crippen molar-refractivity contribution in [3.63, 3.8) is 0 Å². The fourth-order valence-corrected chi connectivity index (χ4v) is 10.9. The van der Waals surface area contributed by atoms with Crippen LogP contribution in [0.25, 0.3) is 0 Å². The van der Waals surface area contributed by atoms with Gasteiger partial charge in [0.2, 0.25) is 11.5 Å². The number of esters is 1. The largest absolute Gasteiger partial charge is 0.408 e. The van der Waals surface area contributed by atoms with Gasteiger partial charge in [-0.3, -0.25) is 24.1 Å². The van der Waals surface area contributed by atoms with E-state index in [-0.39, 0.29) is 41.3 Å². The first-order chi connectivity index (χ1) is 25.2. The summed E-state index contributed by atoms with van der Waals surface area (Å²) in [4.78, 5) is 56.6. The first-order valence-corrected chi connectivity index (χ1v) is 18.8. The van der Waals surface area contributed by atoms with Crippen LogP contribution in [0.4, 0.5) is 5.69 Å². The molecule has 8 nitrogen and oxygen atoms in total. The average molecular weight is 711 g/mol. The smallest absolute Gasteiger partial charge is 0.316 e. The zero-order valence-corrected chi connectivity index (χ0v) is 29.6. The van der Waals surface area contributed by atoms with Crippen molar-refractivity contribution < 1.29 is 29.0 Å². The summed E-state index contributed by atoms with van der Waals surface area (Å²) in [5.41, 5.74) is 1.28. The van der Waals surface area contributed by atoms with E-state index in [2.05, 4.69) is 11.9 Å². The number of rotatable bonds is 13. The summed E-state index contributed by atoms with van der Waals surface area (Å²) < 4.78 is 6.36. The predicted molar refractivity (Wildman–Crippen MR) is 207 cm³/mol. The highest BCUT2D eigenvalue weighted by Gasteiger charge is 2.55. The number of carbonyl (C=O) groups is 4. The summed E-state index contributed by atoms with van der Waals surface area (Å²) in [6.45, 7) is 2.07. The van der Waals surface area contributed by atoms with Gasteiger partial charge in [-0.2, -0.15) is 0 Å². The predicted octanol–water partition coefficient (Wildman–Crippen LogP) is 5.92. The molecule has 0 radical (unpaired) electrons. The summed E-state index contributed by atoms with van der Waals surface area (Å²) >= 11 is 0. The lowest BCUT2D eigenvalue weighted by molar-refractivity contribution is -0.157. The van der Waals surface area contributed by atoms with E-state index in [1.165, 1.54) is 24.0 Å². The van der Waals surface area contributed by atoms with E-state index >= 15 is 0 Å². The summed E-state index contributed by atoms with van der Waals surface area (Å²) in [5, 5.41) is 16.2. The molecule has 1 aliphatic rings. The molecule has 262 valence electrons. The van der Waals surface area contributed by atoms with Crippen LogP contribution < -0.4 is 21.2 Å². The van der Waals surface area contributed by atoms with E-state index in [0.717, 1.165) is 15.9 Å². The summed E-state index contributed by atoms with van der Waals surface area (Å²) in [7, 11) is 0. The van der Waals surface area contributed by atoms with Crippen molar-refractivity contribution in [3.8, 4) is 0 Å². The Morgan fingerprint density at radius 2 is 1.29 bits per heavy atom. The topological polar surface area (TPSA) is 113 Å². The first-order valence-electron chi connectivity index (χ1n) is 17.0. The number of aliphatic hydroxyl groups excluding tert-OH is 1. The zero-order valence-electron chi connectivity index (χ0n) is 28.7. The Balaban J connectivity index is 1.52. The molecular formula is C43H39N2O6P. The molecule has 3 unspecified atom stereocenters. The molecular weight excluding hydrogens is 671 g/mol. The van der Waals surface area contributed by atoms with Crippen molar-refractivity contribution in [1.82, 2.24) is 4.90 Å². The lowest BCUT2D eigenvalue weighted by atomic mass is 9.80. The Morgan fingerprint density at radius 1 is 0.788 bits per heavy atom. The number of nitrogens with one attached hydrogen (secondary N) is 1. The standard InChI is InChI=1S/C43H39N2O6P/c1-3-17-39(48)51-43(52(34-22-10-5-11-23-34,35-24-12-6-13-25-35)36-26-14-7-15-27-36)45-37(40(30(2)46)42(45)50)29-38(47)31-18-16-19-32(28-31)41(49)44-33-20-8-4-9-21-33/h3-16,18-28,30,37,40,46H,1,17,29H2,2H3,(H,44,49). The summed E-state index contributed by atoms with van der Waals surface area (Å²) in [6.07, 6.45) is 0.0102. The second-order valence-electron chi connectivity index (χ2n) is 12.5. The molecule has 1 aliphatic heterocycles. The van der Waals surface area contributed by atoms with Crippen LogP contribution in [0.2, 0.25) is 0 Å². The Kier molecular flexibility index (Phi) is 11.1. The maximum atomic E-state index is 14.4. The van der Waals surface area contributed by atoms with Gasteiger partial charge in [0.25, 0.3) is 5.91 Å². The third-order valence-corrected chi connectivity index (χ3v) is 13.2. The Bertz CT molecular complexity index is 2030. The minimum Gasteiger partial charge on any atom is -0.408 e. The van der Waals surface area contributed by atoms with E-state index in [1.807, 2.05) is 109 Å². The number of Topliss-reactive ketones (excluding diaryl/α,β-unsaturated/α-hetero) is 1. The number of carbonyl (C=O) groups excluding carboxylic acids is 4. The van der Waals surface area contributed by atoms with Gasteiger partial charge in [-0.1, -0.05) is 127 Å². The number of ketones is 1. The highest BCUT2D eigenvalue weighted by Crippen LogP contribution is 2.50. The molecule has 2 N–H and O–H groups in total. The fourth-order valence-electron chi connectivity index (χ4n) is 6.69. The third kappa shape index (κ3) is 7.17. The minimum absolute atomic E-state index is 0.110. The molecule has 52 heavy (non-hydrogen) atoms. The van der Waals surface area contributed by atoms with Gasteiger partial charge >= 0.3 is 5.97 Å². The molecule has 1 fully saturated rings. The highest BCUT2D eigenvalue weighted by molar-refractivity contribution is 7.95. The number of β-lactam (4-membered cyclic amide) rings is 1. The zero-order chi connectivity index (χ0) is 36.7. The SMILES string of the molecule is C=CCC(=O)OC(N1C(=O)C(C(C)O)C1CC(=O)c1cccc(C(=O)Nc2ccccc2)c1)=P(c1ccccc1)(c1ccccc1)c1ccccc1. The third-order valence-electron chi connectivity index (χ3n) is 9.10. The van der Waals surface area contributed by atoms with Crippen molar-refractivity contribution in [3.05, 3.63) is 169 Å². The van der Waals surface area contributed by atoms with E-state index < -0.39 is 36.8 Å². The van der Waals surface area contributed by atoms with Crippen molar-refractivity contribution in [2.24, 2.45) is 5.92 Å². The molecule has 0 spiro atoms. The molecule has 3 atom stereocenters. The molecule has 6 rings (SSSR count). The van der Waals surface area contributed by atoms with E-state index in [9.17, 15) is 24.3 Å². The van der Waals surface area contributed by atoms with Gasteiger partial charge in [0.05, 0.1) is 24.5 Å². The number of hydrogen-bond donors (Lipinski definition) is 2. The second kappa shape index (κ2) is 16.0. The van der Waals surface area contributed by atoms with Crippen LogP contribution in [0.3, 0.4) is 0 Å². The van der Waals surface area contributed by atoms with Crippen molar-refractivity contribution in [2.75, 3.05) is 5.32 Å². The van der Waals surface area contributed by atoms with Crippen LogP contribution >= 0.6 is 6.89 Å². The summed E-state index contributed by atoms with van der Waals surface area (Å²) in [5.74, 6) is -2.76. The quantitative estimate of drug-likeness (QED) is 0.0516. The van der Waals surface area contributed by atoms with Crippen LogP contribution in [0.1, 0.15) is 40.5 Å². The Morgan fingerprint density at radius 3 is 1.79 bits per heavy atom. The van der Waals surface area contributed by atoms with Crippen LogP contribution in [0.15, 0.2) is 158 Å². The van der Waals surface area contributed by atoms with Crippen molar-refractivity contribution in [1.29, 1.82) is 0 Å². The van der Waals surface area contributed by atoms with Crippen LogP contribution in [0.5, 0.6) is 0 Å². The lowest BCUT2D eigenvalue weighted by Gasteiger charge is -2.50. The molecule has 0 saturated carbocycles. The molecule has 2 amide bonds. The van der Waals surface area contributed by atoms with Gasteiger partial charge in [0.1, 0.15) is 0 Å². The molecule has 5 aromatic carbocycles. The van der Waals surface area contributed by atoms with Gasteiger partial charge in [0, 0.05) is 30.1 Å². The van der Waals surface area contributed by atoms with E-state index in [4.69, 9.17) is 4.74 Å². The van der Waals surface area contributed by atoms with Gasteiger partial charge in [-0.15, -0.1) is 6.58 Å². The number of ether oxygens (including phenoxy) is 1. The Labute approximate surface area is 303 Å². The molecule has 9 heteroatoms. The van der Waals surface area contributed by atoms with Crippen LogP contribution in [-0.2, 0) is 14.3 Å². The number of benzene rings is 5. The molecule has 5 aromatic rings. The van der Waals surface area contributed by atoms with Crippen molar-refractivity contribution in [2.45, 2.75) is 31.9 Å². The van der Waals surface area contributed by atoms with Gasteiger partial charge in [-0.25, -0.2) is 0 Å². The molecule has 1 saturated heterocycles. The van der Waals surface area contributed by atoms with E-state index in [0.29, 0.717) is 5.69 Å². The molecule has 0 aliphatic carbocycles. The normalized spacial score (nSPS) is 15.9. The first kappa shape index (κ1) is 36.0. The van der Waals surface area contributed by atoms with Crippen molar-refractivity contribution >= 4 is 57.7 Å². The number of anilines is 1. The molecule has 1 heterocycles. The number of amides is 2. The minimum atomic E-state index is -3.17. The number of likely N-dealkylation sites (tertiary alicyclic amines) is 1. The lowest BCUT2D eigenvalue weighted by Crippen LogP contribution is -2.67. The number of hydrogen-bond acceptors (Lipinski definition) is 6. The average Bonchev–Trinajstić information content (AvgIpc) is 3.16. The van der Waals surface area contributed by atoms with Gasteiger partial charge in [-0.05, 0) is 47.1 Å². The maximum Gasteiger partial charge on any atom is 0.316 e. The maximum absolute atomic E-state index is 14.4.